The molecule has 0 aliphatic heterocycles. The minimum atomic E-state index is -0.0412. The highest BCUT2D eigenvalue weighted by molar-refractivity contribution is 7.24. The molecule has 0 aliphatic carbocycles. The van der Waals surface area contributed by atoms with E-state index in [9.17, 15) is 4.79 Å². The van der Waals surface area contributed by atoms with E-state index in [2.05, 4.69) is 0 Å². The third-order valence-electron chi connectivity index (χ3n) is 4.88. The summed E-state index contributed by atoms with van der Waals surface area (Å²) >= 11 is 1.57. The molecule has 0 amide bonds. The molecule has 0 bridgehead atoms. The molecule has 0 fully saturated rings. The van der Waals surface area contributed by atoms with Crippen molar-refractivity contribution in [1.29, 1.82) is 0 Å². The van der Waals surface area contributed by atoms with Gasteiger partial charge in [-0.3, -0.25) is 4.79 Å². The van der Waals surface area contributed by atoms with Crippen LogP contribution in [-0.2, 0) is 0 Å². The third-order valence-corrected chi connectivity index (χ3v) is 6.01. The van der Waals surface area contributed by atoms with Gasteiger partial charge in [0.1, 0.15) is 5.75 Å². The highest BCUT2D eigenvalue weighted by atomic mass is 32.1. The lowest BCUT2D eigenvalue weighted by atomic mass is 10.0. The van der Waals surface area contributed by atoms with Crippen LogP contribution < -0.4 is 24.4 Å². The van der Waals surface area contributed by atoms with Crippen LogP contribution in [0.5, 0.6) is 23.0 Å². The van der Waals surface area contributed by atoms with E-state index in [0.717, 1.165) is 20.5 Å². The molecule has 0 atom stereocenters. The summed E-state index contributed by atoms with van der Waals surface area (Å²) in [4.78, 5) is 13.3. The first-order chi connectivity index (χ1) is 14.1. The van der Waals surface area contributed by atoms with E-state index in [1.54, 1.807) is 39.8 Å². The lowest BCUT2D eigenvalue weighted by molar-refractivity contribution is 0.324. The summed E-state index contributed by atoms with van der Waals surface area (Å²) in [6.07, 6.45) is 0. The van der Waals surface area contributed by atoms with Gasteiger partial charge in [0.15, 0.2) is 16.9 Å². The first-order valence-corrected chi connectivity index (χ1v) is 9.77. The summed E-state index contributed by atoms with van der Waals surface area (Å²) in [5.41, 5.74) is 1.71. The molecule has 0 unspecified atom stereocenters. The van der Waals surface area contributed by atoms with Crippen LogP contribution in [0.25, 0.3) is 31.3 Å². The van der Waals surface area contributed by atoms with Gasteiger partial charge in [-0.1, -0.05) is 12.1 Å². The van der Waals surface area contributed by atoms with Gasteiger partial charge in [-0.05, 0) is 47.5 Å². The minimum Gasteiger partial charge on any atom is -0.496 e. The zero-order valence-corrected chi connectivity index (χ0v) is 17.4. The maximum Gasteiger partial charge on any atom is 0.203 e. The van der Waals surface area contributed by atoms with Gasteiger partial charge in [-0.25, -0.2) is 0 Å². The molecule has 29 heavy (non-hydrogen) atoms. The van der Waals surface area contributed by atoms with Crippen molar-refractivity contribution in [2.24, 2.45) is 0 Å². The standard InChI is InChI=1S/C23H20O5S/c1-25-16-6-5-7-20-21(16)22(24)15-10-13(8-9-19(15)29-20)14-11-17(26-2)23(28-4)18(12-14)27-3/h5-12H,1-4H3. The molecular weight excluding hydrogens is 388 g/mol. The summed E-state index contributed by atoms with van der Waals surface area (Å²) in [5.74, 6) is 2.24. The minimum absolute atomic E-state index is 0.0412. The first kappa shape index (κ1) is 19.1. The van der Waals surface area contributed by atoms with E-state index in [1.165, 1.54) is 0 Å². The van der Waals surface area contributed by atoms with Gasteiger partial charge in [0, 0.05) is 14.8 Å². The fraction of sp³-hybridized carbons (Fsp3) is 0.174. The average Bonchev–Trinajstić information content (AvgIpc) is 2.77. The fourth-order valence-electron chi connectivity index (χ4n) is 3.47. The van der Waals surface area contributed by atoms with Crippen molar-refractivity contribution in [1.82, 2.24) is 0 Å². The summed E-state index contributed by atoms with van der Waals surface area (Å²) in [5, 5.41) is 1.26. The molecule has 0 saturated heterocycles. The van der Waals surface area contributed by atoms with Crippen LogP contribution in [0.3, 0.4) is 0 Å². The van der Waals surface area contributed by atoms with Gasteiger partial charge in [0.05, 0.1) is 33.8 Å². The molecule has 4 rings (SSSR count). The van der Waals surface area contributed by atoms with E-state index in [1.807, 2.05) is 48.5 Å². The molecule has 0 radical (unpaired) electrons. The zero-order chi connectivity index (χ0) is 20.5. The van der Waals surface area contributed by atoms with E-state index in [-0.39, 0.29) is 5.43 Å². The molecule has 0 N–H and O–H groups in total. The smallest absolute Gasteiger partial charge is 0.203 e. The van der Waals surface area contributed by atoms with Gasteiger partial charge in [0.25, 0.3) is 0 Å². The highest BCUT2D eigenvalue weighted by Crippen LogP contribution is 2.42. The number of ether oxygens (including phenoxy) is 4. The number of benzene rings is 3. The third kappa shape index (κ3) is 3.15. The van der Waals surface area contributed by atoms with Gasteiger partial charge in [0.2, 0.25) is 5.75 Å². The quantitative estimate of drug-likeness (QED) is 0.429. The van der Waals surface area contributed by atoms with Crippen LogP contribution in [0.4, 0.5) is 0 Å². The fourth-order valence-corrected chi connectivity index (χ4v) is 4.54. The van der Waals surface area contributed by atoms with Crippen LogP contribution in [0.1, 0.15) is 0 Å². The van der Waals surface area contributed by atoms with E-state index in [4.69, 9.17) is 18.9 Å². The normalized spacial score (nSPS) is 10.9. The second-order valence-corrected chi connectivity index (χ2v) is 7.47. The Labute approximate surface area is 172 Å². The Morgan fingerprint density at radius 2 is 1.38 bits per heavy atom. The Morgan fingerprint density at radius 3 is 2.00 bits per heavy atom. The number of hydrogen-bond acceptors (Lipinski definition) is 6. The summed E-state index contributed by atoms with van der Waals surface area (Å²) in [6.45, 7) is 0. The van der Waals surface area contributed by atoms with Crippen LogP contribution in [0.2, 0.25) is 0 Å². The topological polar surface area (TPSA) is 54.0 Å². The molecule has 0 spiro atoms. The number of methoxy groups -OCH3 is 4. The number of fused-ring (bicyclic) bond motifs is 2. The molecule has 6 heteroatoms. The Morgan fingerprint density at radius 1 is 0.690 bits per heavy atom. The summed E-state index contributed by atoms with van der Waals surface area (Å²) < 4.78 is 23.6. The Bertz CT molecular complexity index is 1250. The molecule has 4 aromatic rings. The van der Waals surface area contributed by atoms with Crippen LogP contribution in [0.15, 0.2) is 53.3 Å². The Hall–Kier alpha value is -3.25. The largest absolute Gasteiger partial charge is 0.496 e. The second-order valence-electron chi connectivity index (χ2n) is 6.39. The monoisotopic (exact) mass is 408 g/mol. The predicted molar refractivity (Wildman–Crippen MR) is 117 cm³/mol. The Kier molecular flexibility index (Phi) is 5.03. The van der Waals surface area contributed by atoms with Crippen LogP contribution in [0, 0.1) is 0 Å². The lowest BCUT2D eigenvalue weighted by Gasteiger charge is -2.14. The van der Waals surface area contributed by atoms with Crippen molar-refractivity contribution in [3.8, 4) is 34.1 Å². The molecule has 148 valence electrons. The zero-order valence-electron chi connectivity index (χ0n) is 16.6. The van der Waals surface area contributed by atoms with E-state index in [0.29, 0.717) is 33.8 Å². The van der Waals surface area contributed by atoms with Crippen molar-refractivity contribution >= 4 is 31.5 Å². The molecule has 0 aliphatic rings. The van der Waals surface area contributed by atoms with Gasteiger partial charge >= 0.3 is 0 Å². The number of rotatable bonds is 5. The van der Waals surface area contributed by atoms with E-state index >= 15 is 0 Å². The van der Waals surface area contributed by atoms with Crippen molar-refractivity contribution in [3.05, 3.63) is 58.8 Å². The second kappa shape index (κ2) is 7.64. The summed E-state index contributed by atoms with van der Waals surface area (Å²) in [6, 6.07) is 15.3. The summed E-state index contributed by atoms with van der Waals surface area (Å²) in [7, 11) is 6.31. The van der Waals surface area contributed by atoms with Gasteiger partial charge in [-0.15, -0.1) is 11.3 Å². The SMILES string of the molecule is COc1cc(-c2ccc3sc4cccc(OC)c4c(=O)c3c2)cc(OC)c1OC. The maximum atomic E-state index is 13.3. The Balaban J connectivity index is 1.98. The van der Waals surface area contributed by atoms with Crippen molar-refractivity contribution in [3.63, 3.8) is 0 Å². The average molecular weight is 408 g/mol. The molecule has 1 aromatic heterocycles. The maximum absolute atomic E-state index is 13.3. The molecular formula is C23H20O5S. The van der Waals surface area contributed by atoms with E-state index < -0.39 is 0 Å². The molecule has 1 heterocycles. The van der Waals surface area contributed by atoms with Crippen LogP contribution in [-0.4, -0.2) is 28.4 Å². The van der Waals surface area contributed by atoms with Crippen molar-refractivity contribution in [2.75, 3.05) is 28.4 Å². The first-order valence-electron chi connectivity index (χ1n) is 8.95. The van der Waals surface area contributed by atoms with Crippen molar-refractivity contribution in [2.45, 2.75) is 0 Å². The molecule has 3 aromatic carbocycles. The molecule has 0 saturated carbocycles. The predicted octanol–water partition coefficient (Wildman–Crippen LogP) is 5.12. The van der Waals surface area contributed by atoms with Crippen molar-refractivity contribution < 1.29 is 18.9 Å². The molecule has 5 nitrogen and oxygen atoms in total. The number of hydrogen-bond donors (Lipinski definition) is 0. The van der Waals surface area contributed by atoms with Gasteiger partial charge < -0.3 is 18.9 Å². The lowest BCUT2D eigenvalue weighted by Crippen LogP contribution is -2.03. The van der Waals surface area contributed by atoms with Crippen LogP contribution >= 0.6 is 11.3 Å². The van der Waals surface area contributed by atoms with Gasteiger partial charge in [-0.2, -0.15) is 0 Å². The highest BCUT2D eigenvalue weighted by Gasteiger charge is 2.16.